The molecular weight excluding hydrogens is 202 g/mol. The van der Waals surface area contributed by atoms with Gasteiger partial charge >= 0.3 is 0 Å². The third-order valence-corrected chi connectivity index (χ3v) is 2.21. The fourth-order valence-corrected chi connectivity index (χ4v) is 1.40. The largest absolute Gasteiger partial charge is 0.373 e. The van der Waals surface area contributed by atoms with Crippen LogP contribution in [0.1, 0.15) is 0 Å². The van der Waals surface area contributed by atoms with E-state index in [-0.39, 0.29) is 0 Å². The van der Waals surface area contributed by atoms with Crippen LogP contribution in [0.2, 0.25) is 0 Å². The predicted molar refractivity (Wildman–Crippen MR) is 64.5 cm³/mol. The van der Waals surface area contributed by atoms with E-state index in [1.807, 2.05) is 42.2 Å². The summed E-state index contributed by atoms with van der Waals surface area (Å²) in [7, 11) is 1.86. The lowest BCUT2D eigenvalue weighted by molar-refractivity contribution is 0.637. The molecule has 2 heterocycles. The second-order valence-corrected chi connectivity index (χ2v) is 3.35. The molecule has 2 rings (SSSR count). The fraction of sp³-hybridized carbons (Fsp3) is 0.273. The molecule has 2 N–H and O–H groups in total. The van der Waals surface area contributed by atoms with E-state index in [1.165, 1.54) is 0 Å². The Morgan fingerprint density at radius 3 is 2.88 bits per heavy atom. The van der Waals surface area contributed by atoms with Crippen molar-refractivity contribution in [3.63, 3.8) is 0 Å². The summed E-state index contributed by atoms with van der Waals surface area (Å²) in [6.07, 6.45) is 3.72. The summed E-state index contributed by atoms with van der Waals surface area (Å²) in [6.45, 7) is 1.64. The molecular formula is C11H15N5. The second-order valence-electron chi connectivity index (χ2n) is 3.35. The molecule has 0 aliphatic carbocycles. The maximum atomic E-state index is 4.36. The van der Waals surface area contributed by atoms with Crippen LogP contribution in [0.15, 0.2) is 36.7 Å². The van der Waals surface area contributed by atoms with Gasteiger partial charge in [-0.1, -0.05) is 6.07 Å². The van der Waals surface area contributed by atoms with E-state index in [1.54, 1.807) is 6.20 Å². The minimum Gasteiger partial charge on any atom is -0.373 e. The van der Waals surface area contributed by atoms with Crippen LogP contribution in [-0.4, -0.2) is 28.4 Å². The first kappa shape index (κ1) is 10.5. The van der Waals surface area contributed by atoms with Crippen molar-refractivity contribution in [1.82, 2.24) is 14.8 Å². The van der Waals surface area contributed by atoms with Crippen LogP contribution in [0.5, 0.6) is 0 Å². The quantitative estimate of drug-likeness (QED) is 0.795. The monoisotopic (exact) mass is 217 g/mol. The summed E-state index contributed by atoms with van der Waals surface area (Å²) < 4.78 is 1.88. The number of nitrogens with one attached hydrogen (secondary N) is 2. The van der Waals surface area contributed by atoms with E-state index >= 15 is 0 Å². The number of hydrogen-bond donors (Lipinski definition) is 2. The minimum atomic E-state index is 0.807. The first-order valence-corrected chi connectivity index (χ1v) is 5.24. The van der Waals surface area contributed by atoms with Crippen molar-refractivity contribution >= 4 is 11.6 Å². The Labute approximate surface area is 94.5 Å². The number of anilines is 2. The molecule has 84 valence electrons. The molecule has 0 aliphatic heterocycles. The molecule has 0 saturated carbocycles. The first-order valence-electron chi connectivity index (χ1n) is 5.24. The van der Waals surface area contributed by atoms with Gasteiger partial charge in [0.05, 0.1) is 6.54 Å². The Morgan fingerprint density at radius 1 is 1.25 bits per heavy atom. The Bertz CT molecular complexity index is 424. The Balaban J connectivity index is 1.85. The SMILES string of the molecule is CNc1cccc(NCCn2cccn2)n1. The second kappa shape index (κ2) is 5.16. The molecule has 0 unspecified atom stereocenters. The molecule has 0 saturated heterocycles. The van der Waals surface area contributed by atoms with E-state index < -0.39 is 0 Å². The lowest BCUT2D eigenvalue weighted by Gasteiger charge is -2.07. The average molecular weight is 217 g/mol. The molecule has 0 amide bonds. The molecule has 0 bridgehead atoms. The van der Waals surface area contributed by atoms with Gasteiger partial charge in [0.2, 0.25) is 0 Å². The van der Waals surface area contributed by atoms with Crippen LogP contribution in [0, 0.1) is 0 Å². The van der Waals surface area contributed by atoms with Crippen molar-refractivity contribution in [2.24, 2.45) is 0 Å². The Morgan fingerprint density at radius 2 is 2.12 bits per heavy atom. The molecule has 0 fully saturated rings. The van der Waals surface area contributed by atoms with Gasteiger partial charge in [-0.2, -0.15) is 5.10 Å². The highest BCUT2D eigenvalue weighted by Gasteiger charge is 1.95. The highest BCUT2D eigenvalue weighted by atomic mass is 15.3. The topological polar surface area (TPSA) is 54.8 Å². The summed E-state index contributed by atoms with van der Waals surface area (Å²) in [5.41, 5.74) is 0. The fourth-order valence-electron chi connectivity index (χ4n) is 1.40. The maximum absolute atomic E-state index is 4.36. The summed E-state index contributed by atoms with van der Waals surface area (Å²) in [5.74, 6) is 1.74. The zero-order valence-electron chi connectivity index (χ0n) is 9.22. The van der Waals surface area contributed by atoms with Crippen LogP contribution in [-0.2, 0) is 6.54 Å². The molecule has 2 aromatic rings. The third-order valence-electron chi connectivity index (χ3n) is 2.21. The van der Waals surface area contributed by atoms with Crippen molar-refractivity contribution in [1.29, 1.82) is 0 Å². The van der Waals surface area contributed by atoms with Gasteiger partial charge in [-0.05, 0) is 18.2 Å². The standard InChI is InChI=1S/C11H15N5/c1-12-10-4-2-5-11(15-10)13-7-9-16-8-3-6-14-16/h2-6,8H,7,9H2,1H3,(H2,12,13,15). The van der Waals surface area contributed by atoms with Crippen molar-refractivity contribution in [2.45, 2.75) is 6.54 Å². The number of hydrogen-bond acceptors (Lipinski definition) is 4. The smallest absolute Gasteiger partial charge is 0.128 e. The van der Waals surface area contributed by atoms with Gasteiger partial charge < -0.3 is 10.6 Å². The first-order chi connectivity index (χ1) is 7.88. The lowest BCUT2D eigenvalue weighted by atomic mass is 10.4. The summed E-state index contributed by atoms with van der Waals surface area (Å²) in [6, 6.07) is 7.76. The van der Waals surface area contributed by atoms with Gasteiger partial charge in [0.25, 0.3) is 0 Å². The van der Waals surface area contributed by atoms with Gasteiger partial charge in [0.15, 0.2) is 0 Å². The van der Waals surface area contributed by atoms with Crippen LogP contribution >= 0.6 is 0 Å². The third kappa shape index (κ3) is 2.73. The summed E-state index contributed by atoms with van der Waals surface area (Å²) in [4.78, 5) is 4.36. The van der Waals surface area contributed by atoms with Crippen LogP contribution < -0.4 is 10.6 Å². The minimum absolute atomic E-state index is 0.807. The average Bonchev–Trinajstić information content (AvgIpc) is 2.82. The van der Waals surface area contributed by atoms with Gasteiger partial charge in [0.1, 0.15) is 11.6 Å². The highest BCUT2D eigenvalue weighted by molar-refractivity contribution is 5.44. The molecule has 5 heteroatoms. The summed E-state index contributed by atoms with van der Waals surface area (Å²) in [5, 5.41) is 10.4. The van der Waals surface area contributed by atoms with Crippen molar-refractivity contribution in [3.8, 4) is 0 Å². The van der Waals surface area contributed by atoms with Crippen LogP contribution in [0.25, 0.3) is 0 Å². The van der Waals surface area contributed by atoms with E-state index in [2.05, 4.69) is 20.7 Å². The van der Waals surface area contributed by atoms with Gasteiger partial charge in [-0.15, -0.1) is 0 Å². The van der Waals surface area contributed by atoms with Crippen molar-refractivity contribution in [3.05, 3.63) is 36.7 Å². The molecule has 0 atom stereocenters. The van der Waals surface area contributed by atoms with E-state index in [0.717, 1.165) is 24.7 Å². The lowest BCUT2D eigenvalue weighted by Crippen LogP contribution is -2.11. The van der Waals surface area contributed by atoms with Gasteiger partial charge in [-0.25, -0.2) is 4.98 Å². The van der Waals surface area contributed by atoms with Gasteiger partial charge in [-0.3, -0.25) is 4.68 Å². The van der Waals surface area contributed by atoms with Crippen LogP contribution in [0.3, 0.4) is 0 Å². The number of pyridine rings is 1. The highest BCUT2D eigenvalue weighted by Crippen LogP contribution is 2.07. The van der Waals surface area contributed by atoms with Crippen molar-refractivity contribution < 1.29 is 0 Å². The molecule has 2 aromatic heterocycles. The molecule has 0 spiro atoms. The van der Waals surface area contributed by atoms with Gasteiger partial charge in [0, 0.05) is 26.0 Å². The number of nitrogens with zero attached hydrogens (tertiary/aromatic N) is 3. The summed E-state index contributed by atoms with van der Waals surface area (Å²) >= 11 is 0. The zero-order chi connectivity index (χ0) is 11.2. The number of rotatable bonds is 5. The molecule has 16 heavy (non-hydrogen) atoms. The molecule has 5 nitrogen and oxygen atoms in total. The predicted octanol–water partition coefficient (Wildman–Crippen LogP) is 1.43. The van der Waals surface area contributed by atoms with E-state index in [4.69, 9.17) is 0 Å². The number of aromatic nitrogens is 3. The van der Waals surface area contributed by atoms with Crippen LogP contribution in [0.4, 0.5) is 11.6 Å². The Kier molecular flexibility index (Phi) is 3.38. The molecule has 0 radical (unpaired) electrons. The van der Waals surface area contributed by atoms with E-state index in [9.17, 15) is 0 Å². The zero-order valence-corrected chi connectivity index (χ0v) is 9.22. The Hall–Kier alpha value is -2.04. The molecule has 0 aromatic carbocycles. The maximum Gasteiger partial charge on any atom is 0.128 e. The van der Waals surface area contributed by atoms with E-state index in [0.29, 0.717) is 0 Å². The van der Waals surface area contributed by atoms with Crippen molar-refractivity contribution in [2.75, 3.05) is 24.2 Å². The normalized spacial score (nSPS) is 10.1. The molecule has 0 aliphatic rings.